The molecule has 0 saturated carbocycles. The quantitative estimate of drug-likeness (QED) is 0.587. The summed E-state index contributed by atoms with van der Waals surface area (Å²) in [6.07, 6.45) is 5.93. The van der Waals surface area contributed by atoms with Crippen LogP contribution in [0.1, 0.15) is 58.8 Å². The summed E-state index contributed by atoms with van der Waals surface area (Å²) in [5.41, 5.74) is 3.83. The van der Waals surface area contributed by atoms with Gasteiger partial charge in [-0.1, -0.05) is 12.1 Å². The first kappa shape index (κ1) is 21.9. The number of pyridine rings is 1. The first-order chi connectivity index (χ1) is 17.0. The SMILES string of the molecule is O=C1CCC(N2Cc3cc(C4CCN(Cc5cccc6nccn56)CC4)c(F)cc3C2=O)C(=O)N1. The van der Waals surface area contributed by atoms with E-state index in [-0.39, 0.29) is 36.5 Å². The van der Waals surface area contributed by atoms with E-state index in [2.05, 4.69) is 25.7 Å². The third-order valence-electron chi connectivity index (χ3n) is 7.57. The predicted octanol–water partition coefficient (Wildman–Crippen LogP) is 2.61. The van der Waals surface area contributed by atoms with Crippen molar-refractivity contribution >= 4 is 23.4 Å². The first-order valence-electron chi connectivity index (χ1n) is 12.1. The number of carbonyl (C=O) groups is 3. The summed E-state index contributed by atoms with van der Waals surface area (Å²) in [6.45, 7) is 2.78. The van der Waals surface area contributed by atoms with E-state index in [0.717, 1.165) is 43.7 Å². The average molecular weight is 476 g/mol. The van der Waals surface area contributed by atoms with Crippen molar-refractivity contribution in [2.45, 2.75) is 50.7 Å². The topological polar surface area (TPSA) is 87.0 Å². The third-order valence-corrected chi connectivity index (χ3v) is 7.57. The molecule has 180 valence electrons. The van der Waals surface area contributed by atoms with Crippen molar-refractivity contribution in [1.29, 1.82) is 0 Å². The van der Waals surface area contributed by atoms with Gasteiger partial charge >= 0.3 is 0 Å². The number of imidazole rings is 1. The van der Waals surface area contributed by atoms with E-state index in [1.165, 1.54) is 16.7 Å². The lowest BCUT2D eigenvalue weighted by Crippen LogP contribution is -2.52. The number of rotatable bonds is 4. The van der Waals surface area contributed by atoms with E-state index in [9.17, 15) is 14.4 Å². The lowest BCUT2D eigenvalue weighted by atomic mass is 9.87. The van der Waals surface area contributed by atoms with E-state index in [1.54, 1.807) is 6.20 Å². The van der Waals surface area contributed by atoms with Gasteiger partial charge in [-0.2, -0.15) is 0 Å². The van der Waals surface area contributed by atoms with Gasteiger partial charge in [0.15, 0.2) is 0 Å². The van der Waals surface area contributed by atoms with Gasteiger partial charge in [-0.15, -0.1) is 0 Å². The minimum Gasteiger partial charge on any atom is -0.322 e. The Morgan fingerprint density at radius 1 is 1.09 bits per heavy atom. The highest BCUT2D eigenvalue weighted by molar-refractivity contribution is 6.05. The van der Waals surface area contributed by atoms with Crippen molar-refractivity contribution in [3.63, 3.8) is 0 Å². The van der Waals surface area contributed by atoms with Gasteiger partial charge in [-0.25, -0.2) is 9.37 Å². The van der Waals surface area contributed by atoms with Gasteiger partial charge in [0, 0.05) is 43.2 Å². The predicted molar refractivity (Wildman–Crippen MR) is 125 cm³/mol. The van der Waals surface area contributed by atoms with Gasteiger partial charge in [0.2, 0.25) is 11.8 Å². The Balaban J connectivity index is 1.15. The largest absolute Gasteiger partial charge is 0.322 e. The molecule has 0 aliphatic carbocycles. The lowest BCUT2D eigenvalue weighted by molar-refractivity contribution is -0.136. The molecule has 8 nitrogen and oxygen atoms in total. The van der Waals surface area contributed by atoms with Crippen LogP contribution in [0.2, 0.25) is 0 Å². The van der Waals surface area contributed by atoms with Gasteiger partial charge in [0.1, 0.15) is 17.5 Å². The van der Waals surface area contributed by atoms with Crippen molar-refractivity contribution in [3.05, 3.63) is 70.9 Å². The number of nitrogens with zero attached hydrogens (tertiary/aromatic N) is 4. The second-order valence-corrected chi connectivity index (χ2v) is 9.65. The summed E-state index contributed by atoms with van der Waals surface area (Å²) in [6, 6.07) is 8.57. The number of imide groups is 1. The molecule has 2 fully saturated rings. The van der Waals surface area contributed by atoms with Crippen LogP contribution in [0.4, 0.5) is 4.39 Å². The van der Waals surface area contributed by atoms with Crippen LogP contribution in [0.5, 0.6) is 0 Å². The molecular weight excluding hydrogens is 449 g/mol. The molecule has 0 radical (unpaired) electrons. The van der Waals surface area contributed by atoms with Crippen molar-refractivity contribution in [3.8, 4) is 0 Å². The number of piperidine rings is 2. The van der Waals surface area contributed by atoms with Crippen molar-refractivity contribution < 1.29 is 18.8 Å². The molecule has 0 bridgehead atoms. The van der Waals surface area contributed by atoms with E-state index in [0.29, 0.717) is 17.5 Å². The Morgan fingerprint density at radius 2 is 1.91 bits per heavy atom. The van der Waals surface area contributed by atoms with E-state index in [4.69, 9.17) is 0 Å². The molecule has 1 unspecified atom stereocenters. The zero-order chi connectivity index (χ0) is 24.1. The molecule has 2 saturated heterocycles. The molecule has 1 aromatic carbocycles. The number of aromatic nitrogens is 2. The Kier molecular flexibility index (Phi) is 5.36. The van der Waals surface area contributed by atoms with Crippen molar-refractivity contribution in [2.24, 2.45) is 0 Å². The van der Waals surface area contributed by atoms with Crippen LogP contribution < -0.4 is 5.32 Å². The van der Waals surface area contributed by atoms with E-state index in [1.807, 2.05) is 24.4 Å². The number of benzene rings is 1. The molecule has 3 aliphatic rings. The Labute approximate surface area is 201 Å². The fourth-order valence-electron chi connectivity index (χ4n) is 5.69. The summed E-state index contributed by atoms with van der Waals surface area (Å²) in [4.78, 5) is 44.9. The zero-order valence-corrected chi connectivity index (χ0v) is 19.2. The molecule has 2 aromatic heterocycles. The first-order valence-corrected chi connectivity index (χ1v) is 12.1. The number of nitrogens with one attached hydrogen (secondary N) is 1. The molecule has 1 atom stereocenters. The molecule has 6 rings (SSSR count). The van der Waals surface area contributed by atoms with Crippen LogP contribution in [0, 0.1) is 5.82 Å². The Hall–Kier alpha value is -3.59. The molecule has 3 amide bonds. The second kappa shape index (κ2) is 8.57. The number of amides is 3. The molecule has 9 heteroatoms. The standard InChI is InChI=1S/C26H26FN5O3/c27-21-13-20-17(14-32(26(20)35)22-4-5-24(33)29-25(22)34)12-19(21)16-6-9-30(10-7-16)15-18-2-1-3-23-28-8-11-31(18)23/h1-3,8,11-13,16,22H,4-7,9-10,14-15H2,(H,29,33,34). The molecule has 3 aliphatic heterocycles. The fourth-order valence-corrected chi connectivity index (χ4v) is 5.69. The molecule has 5 heterocycles. The molecule has 3 aromatic rings. The highest BCUT2D eigenvalue weighted by Gasteiger charge is 2.40. The number of hydrogen-bond acceptors (Lipinski definition) is 5. The van der Waals surface area contributed by atoms with Crippen LogP contribution in [-0.4, -0.2) is 56.0 Å². The number of hydrogen-bond donors (Lipinski definition) is 1. The van der Waals surface area contributed by atoms with Gasteiger partial charge < -0.3 is 9.30 Å². The summed E-state index contributed by atoms with van der Waals surface area (Å²) in [5, 5.41) is 2.30. The van der Waals surface area contributed by atoms with Gasteiger partial charge in [0.25, 0.3) is 5.91 Å². The highest BCUT2D eigenvalue weighted by Crippen LogP contribution is 2.35. The fraction of sp³-hybridized carbons (Fsp3) is 0.385. The Morgan fingerprint density at radius 3 is 2.71 bits per heavy atom. The number of fused-ring (bicyclic) bond motifs is 2. The van der Waals surface area contributed by atoms with Gasteiger partial charge in [-0.05, 0) is 67.6 Å². The summed E-state index contributed by atoms with van der Waals surface area (Å²) in [7, 11) is 0. The molecular formula is C26H26FN5O3. The summed E-state index contributed by atoms with van der Waals surface area (Å²) >= 11 is 0. The summed E-state index contributed by atoms with van der Waals surface area (Å²) in [5.74, 6) is -1.40. The van der Waals surface area contributed by atoms with Gasteiger partial charge in [0.05, 0.1) is 0 Å². The summed E-state index contributed by atoms with van der Waals surface area (Å²) < 4.78 is 17.3. The minimum atomic E-state index is -0.692. The maximum atomic E-state index is 15.2. The maximum absolute atomic E-state index is 15.2. The normalized spacial score (nSPS) is 21.6. The van der Waals surface area contributed by atoms with Crippen molar-refractivity contribution in [2.75, 3.05) is 13.1 Å². The van der Waals surface area contributed by atoms with Crippen LogP contribution in [0.3, 0.4) is 0 Å². The van der Waals surface area contributed by atoms with Crippen LogP contribution >= 0.6 is 0 Å². The molecule has 1 N–H and O–H groups in total. The second-order valence-electron chi connectivity index (χ2n) is 9.65. The number of likely N-dealkylation sites (tertiary alicyclic amines) is 1. The van der Waals surface area contributed by atoms with Crippen LogP contribution in [0.15, 0.2) is 42.7 Å². The maximum Gasteiger partial charge on any atom is 0.255 e. The average Bonchev–Trinajstić information content (AvgIpc) is 3.45. The Bertz CT molecular complexity index is 1340. The third kappa shape index (κ3) is 3.89. The lowest BCUT2D eigenvalue weighted by Gasteiger charge is -2.32. The van der Waals surface area contributed by atoms with Gasteiger partial charge in [-0.3, -0.25) is 24.6 Å². The van der Waals surface area contributed by atoms with E-state index >= 15 is 4.39 Å². The molecule has 0 spiro atoms. The van der Waals surface area contributed by atoms with Crippen LogP contribution in [0.25, 0.3) is 5.65 Å². The number of carbonyl (C=O) groups excluding carboxylic acids is 3. The van der Waals surface area contributed by atoms with Crippen molar-refractivity contribution in [1.82, 2.24) is 24.5 Å². The minimum absolute atomic E-state index is 0.0836. The van der Waals surface area contributed by atoms with Crippen LogP contribution in [-0.2, 0) is 22.7 Å². The zero-order valence-electron chi connectivity index (χ0n) is 19.2. The molecule has 35 heavy (non-hydrogen) atoms. The highest BCUT2D eigenvalue weighted by atomic mass is 19.1. The van der Waals surface area contributed by atoms with E-state index < -0.39 is 11.9 Å². The number of halogens is 1. The monoisotopic (exact) mass is 475 g/mol. The smallest absolute Gasteiger partial charge is 0.255 e.